The summed E-state index contributed by atoms with van der Waals surface area (Å²) in [6.45, 7) is 4.14. The van der Waals surface area contributed by atoms with Crippen LogP contribution in [0.1, 0.15) is 33.6 Å². The van der Waals surface area contributed by atoms with Crippen LogP contribution in [-0.4, -0.2) is 48.9 Å². The van der Waals surface area contributed by atoms with E-state index in [0.29, 0.717) is 21.6 Å². The fourth-order valence-corrected chi connectivity index (χ4v) is 4.77. The van der Waals surface area contributed by atoms with Gasteiger partial charge in [0, 0.05) is 36.1 Å². The van der Waals surface area contributed by atoms with Gasteiger partial charge in [-0.05, 0) is 58.1 Å². The normalized spacial score (nSPS) is 14.8. The molecular weight excluding hydrogens is 406 g/mol. The maximum Gasteiger partial charge on any atom is 0.206 e. The first-order valence-corrected chi connectivity index (χ1v) is 11.4. The second-order valence-electron chi connectivity index (χ2n) is 8.28. The van der Waals surface area contributed by atoms with Crippen LogP contribution in [-0.2, 0) is 0 Å². The van der Waals surface area contributed by atoms with Gasteiger partial charge < -0.3 is 20.9 Å². The van der Waals surface area contributed by atoms with Crippen LogP contribution in [0.3, 0.4) is 0 Å². The Labute approximate surface area is 187 Å². The highest BCUT2D eigenvalue weighted by atomic mass is 32.1. The minimum absolute atomic E-state index is 0.0977. The first-order chi connectivity index (χ1) is 14.9. The fourth-order valence-electron chi connectivity index (χ4n) is 3.90. The smallest absolute Gasteiger partial charge is 0.206 e. The number of carbonyl (C=O) groups excluding carboxylic acids is 1. The monoisotopic (exact) mass is 435 g/mol. The van der Waals surface area contributed by atoms with Gasteiger partial charge in [0.25, 0.3) is 0 Å². The average molecular weight is 436 g/mol. The lowest BCUT2D eigenvalue weighted by atomic mass is 10.0. The van der Waals surface area contributed by atoms with E-state index < -0.39 is 0 Å². The Hall–Kier alpha value is -2.90. The minimum Gasteiger partial charge on any atom is -0.382 e. The predicted molar refractivity (Wildman–Crippen MR) is 130 cm³/mol. The Kier molecular flexibility index (Phi) is 6.25. The van der Waals surface area contributed by atoms with Gasteiger partial charge in [0.05, 0.1) is 0 Å². The van der Waals surface area contributed by atoms with Crippen LogP contribution >= 0.6 is 11.3 Å². The number of aryl methyl sites for hydroxylation is 1. The Bertz CT molecular complexity index is 1030. The third-order valence-corrected chi connectivity index (χ3v) is 6.84. The average Bonchev–Trinajstić information content (AvgIpc) is 3.14. The molecule has 0 aliphatic carbocycles. The van der Waals surface area contributed by atoms with Crippen LogP contribution in [0, 0.1) is 6.92 Å². The number of aromatic nitrogens is 1. The molecule has 3 N–H and O–H groups in total. The SMILES string of the molecule is Cc1ccc(C(=O)c2sc(Nc3ccc(N4CCC(N(C)C)CC4)cc3)nc2N)cc1. The molecule has 0 unspecified atom stereocenters. The van der Waals surface area contributed by atoms with Gasteiger partial charge in [-0.15, -0.1) is 0 Å². The van der Waals surface area contributed by atoms with E-state index in [1.54, 1.807) is 0 Å². The zero-order valence-corrected chi connectivity index (χ0v) is 19.1. The second kappa shape index (κ2) is 9.08. The number of nitrogens with one attached hydrogen (secondary N) is 1. The molecule has 0 amide bonds. The number of ketones is 1. The molecule has 7 heteroatoms. The zero-order valence-electron chi connectivity index (χ0n) is 18.3. The van der Waals surface area contributed by atoms with E-state index in [0.717, 1.165) is 24.3 Å². The number of hydrogen-bond donors (Lipinski definition) is 2. The summed E-state index contributed by atoms with van der Waals surface area (Å²) in [4.78, 5) is 22.4. The molecular formula is C24H29N5OS. The van der Waals surface area contributed by atoms with Crippen molar-refractivity contribution in [3.63, 3.8) is 0 Å². The molecule has 0 saturated carbocycles. The number of anilines is 4. The molecule has 1 aromatic heterocycles. The van der Waals surface area contributed by atoms with Crippen LogP contribution in [0.4, 0.5) is 22.3 Å². The number of piperidine rings is 1. The van der Waals surface area contributed by atoms with Crippen LogP contribution in [0.25, 0.3) is 0 Å². The molecule has 3 aromatic rings. The van der Waals surface area contributed by atoms with Crippen molar-refractivity contribution in [1.82, 2.24) is 9.88 Å². The van der Waals surface area contributed by atoms with E-state index in [2.05, 4.69) is 46.3 Å². The van der Waals surface area contributed by atoms with Gasteiger partial charge >= 0.3 is 0 Å². The summed E-state index contributed by atoms with van der Waals surface area (Å²) in [6.07, 6.45) is 2.37. The van der Waals surface area contributed by atoms with Gasteiger partial charge in [-0.2, -0.15) is 0 Å². The number of carbonyl (C=O) groups is 1. The maximum atomic E-state index is 12.8. The van der Waals surface area contributed by atoms with Crippen molar-refractivity contribution >= 4 is 39.4 Å². The van der Waals surface area contributed by atoms with Gasteiger partial charge in [-0.25, -0.2) is 4.98 Å². The van der Waals surface area contributed by atoms with E-state index in [1.165, 1.54) is 29.9 Å². The van der Waals surface area contributed by atoms with Gasteiger partial charge in [0.1, 0.15) is 10.7 Å². The molecule has 1 saturated heterocycles. The summed E-state index contributed by atoms with van der Waals surface area (Å²) in [7, 11) is 4.32. The number of benzene rings is 2. The standard InChI is InChI=1S/C24H29N5OS/c1-16-4-6-17(7-5-16)21(30)22-23(25)27-24(31-22)26-18-8-10-20(11-9-18)29-14-12-19(13-15-29)28(2)3/h4-11,19H,12-15,25H2,1-3H3,(H,26,27). The number of thiazole rings is 1. The highest BCUT2D eigenvalue weighted by Gasteiger charge is 2.21. The molecule has 31 heavy (non-hydrogen) atoms. The Balaban J connectivity index is 1.41. The Morgan fingerprint density at radius 2 is 1.74 bits per heavy atom. The van der Waals surface area contributed by atoms with Crippen LogP contribution in [0.5, 0.6) is 0 Å². The van der Waals surface area contributed by atoms with E-state index in [9.17, 15) is 4.79 Å². The van der Waals surface area contributed by atoms with Crippen molar-refractivity contribution in [1.29, 1.82) is 0 Å². The van der Waals surface area contributed by atoms with E-state index in [1.807, 2.05) is 43.3 Å². The molecule has 6 nitrogen and oxygen atoms in total. The molecule has 0 radical (unpaired) electrons. The van der Waals surface area contributed by atoms with Crippen molar-refractivity contribution < 1.29 is 4.79 Å². The zero-order chi connectivity index (χ0) is 22.0. The van der Waals surface area contributed by atoms with Crippen molar-refractivity contribution in [3.8, 4) is 0 Å². The van der Waals surface area contributed by atoms with Crippen LogP contribution in [0.2, 0.25) is 0 Å². The van der Waals surface area contributed by atoms with Crippen LogP contribution < -0.4 is 16.0 Å². The van der Waals surface area contributed by atoms with E-state index in [-0.39, 0.29) is 11.6 Å². The summed E-state index contributed by atoms with van der Waals surface area (Å²) >= 11 is 1.28. The lowest BCUT2D eigenvalue weighted by Crippen LogP contribution is -2.41. The van der Waals surface area contributed by atoms with Gasteiger partial charge in [-0.1, -0.05) is 41.2 Å². The van der Waals surface area contributed by atoms with Crippen molar-refractivity contribution in [2.75, 3.05) is 43.1 Å². The second-order valence-corrected chi connectivity index (χ2v) is 9.28. The Morgan fingerprint density at radius 3 is 2.35 bits per heavy atom. The molecule has 2 heterocycles. The van der Waals surface area contributed by atoms with E-state index in [4.69, 9.17) is 5.73 Å². The lowest BCUT2D eigenvalue weighted by Gasteiger charge is -2.36. The van der Waals surface area contributed by atoms with Crippen molar-refractivity contribution in [2.24, 2.45) is 0 Å². The molecule has 1 aliphatic rings. The largest absolute Gasteiger partial charge is 0.382 e. The number of hydrogen-bond acceptors (Lipinski definition) is 7. The summed E-state index contributed by atoms with van der Waals surface area (Å²) in [6, 6.07) is 16.5. The fraction of sp³-hybridized carbons (Fsp3) is 0.333. The third kappa shape index (κ3) is 4.89. The summed E-state index contributed by atoms with van der Waals surface area (Å²) in [5.74, 6) is 0.165. The first-order valence-electron chi connectivity index (χ1n) is 10.6. The molecule has 4 rings (SSSR count). The molecule has 0 spiro atoms. The van der Waals surface area contributed by atoms with Crippen LogP contribution in [0.15, 0.2) is 48.5 Å². The molecule has 0 atom stereocenters. The number of nitrogen functional groups attached to an aromatic ring is 1. The first kappa shape index (κ1) is 21.3. The molecule has 0 bridgehead atoms. The maximum absolute atomic E-state index is 12.8. The molecule has 162 valence electrons. The molecule has 2 aromatic carbocycles. The quantitative estimate of drug-likeness (QED) is 0.554. The summed E-state index contributed by atoms with van der Waals surface area (Å²) in [5.41, 5.74) is 9.94. The predicted octanol–water partition coefficient (Wildman–Crippen LogP) is 4.54. The highest BCUT2D eigenvalue weighted by Crippen LogP contribution is 2.31. The summed E-state index contributed by atoms with van der Waals surface area (Å²) < 4.78 is 0. The summed E-state index contributed by atoms with van der Waals surface area (Å²) in [5, 5.41) is 3.90. The topological polar surface area (TPSA) is 74.5 Å². The molecule has 1 fully saturated rings. The molecule has 1 aliphatic heterocycles. The minimum atomic E-state index is -0.0977. The van der Waals surface area contributed by atoms with Gasteiger partial charge in [0.15, 0.2) is 5.13 Å². The van der Waals surface area contributed by atoms with Gasteiger partial charge in [-0.3, -0.25) is 4.79 Å². The number of nitrogens with zero attached hydrogens (tertiary/aromatic N) is 3. The van der Waals surface area contributed by atoms with E-state index >= 15 is 0 Å². The lowest BCUT2D eigenvalue weighted by molar-refractivity contribution is 0.104. The van der Waals surface area contributed by atoms with Gasteiger partial charge in [0.2, 0.25) is 5.78 Å². The van der Waals surface area contributed by atoms with Crippen molar-refractivity contribution in [3.05, 3.63) is 64.5 Å². The van der Waals surface area contributed by atoms with Crippen molar-refractivity contribution in [2.45, 2.75) is 25.8 Å². The highest BCUT2D eigenvalue weighted by molar-refractivity contribution is 7.18. The number of rotatable bonds is 6. The number of nitrogens with two attached hydrogens (primary N) is 1. The Morgan fingerprint density at radius 1 is 1.10 bits per heavy atom. The third-order valence-electron chi connectivity index (χ3n) is 5.85.